The maximum atomic E-state index is 13.6. The van der Waals surface area contributed by atoms with Gasteiger partial charge in [0, 0.05) is 35.5 Å². The highest BCUT2D eigenvalue weighted by atomic mass is 79.9. The van der Waals surface area contributed by atoms with E-state index >= 15 is 0 Å². The highest BCUT2D eigenvalue weighted by Gasteiger charge is 2.31. The normalized spacial score (nSPS) is 16.7. The van der Waals surface area contributed by atoms with Gasteiger partial charge in [0.05, 0.1) is 22.9 Å². The Bertz CT molecular complexity index is 1480. The first-order valence-electron chi connectivity index (χ1n) is 11.2. The minimum Gasteiger partial charge on any atom is -0.465 e. The fourth-order valence-electron chi connectivity index (χ4n) is 4.84. The van der Waals surface area contributed by atoms with Gasteiger partial charge < -0.3 is 19.3 Å². The summed E-state index contributed by atoms with van der Waals surface area (Å²) in [4.78, 5) is 33.1. The molecule has 1 aliphatic rings. The molecule has 1 atom stereocenters. The van der Waals surface area contributed by atoms with Crippen molar-refractivity contribution in [3.05, 3.63) is 63.2 Å². The average Bonchev–Trinajstić information content (AvgIpc) is 3.29. The molecular formula is C25H25BrN4O4. The first kappa shape index (κ1) is 22.5. The molecule has 8 nitrogen and oxygen atoms in total. The van der Waals surface area contributed by atoms with Gasteiger partial charge in [0.25, 0.3) is 0 Å². The predicted molar refractivity (Wildman–Crippen MR) is 135 cm³/mol. The highest BCUT2D eigenvalue weighted by molar-refractivity contribution is 9.10. The molecule has 1 aliphatic heterocycles. The molecule has 1 amide bonds. The zero-order valence-electron chi connectivity index (χ0n) is 19.2. The van der Waals surface area contributed by atoms with Crippen molar-refractivity contribution in [1.29, 1.82) is 0 Å². The summed E-state index contributed by atoms with van der Waals surface area (Å²) in [5, 5.41) is 11.0. The molecule has 3 heterocycles. The SMILES string of the molecule is CC(C)c1ccccc1-n1c(=O)nc(N2CCN(C(=O)O)C[C@@H]2C)c2c3occc3c(Br)cc21. The molecule has 1 fully saturated rings. The smallest absolute Gasteiger partial charge is 0.407 e. The Kier molecular flexibility index (Phi) is 5.59. The van der Waals surface area contributed by atoms with Crippen LogP contribution in [0.25, 0.3) is 27.6 Å². The molecular weight excluding hydrogens is 500 g/mol. The third-order valence-electron chi connectivity index (χ3n) is 6.50. The summed E-state index contributed by atoms with van der Waals surface area (Å²) in [6, 6.07) is 11.5. The Morgan fingerprint density at radius 3 is 2.71 bits per heavy atom. The Balaban J connectivity index is 1.82. The first-order chi connectivity index (χ1) is 16.3. The second-order valence-electron chi connectivity index (χ2n) is 8.95. The van der Waals surface area contributed by atoms with Crippen LogP contribution in [0.2, 0.25) is 0 Å². The second kappa shape index (κ2) is 8.47. The maximum absolute atomic E-state index is 13.6. The fourth-order valence-corrected chi connectivity index (χ4v) is 5.36. The highest BCUT2D eigenvalue weighted by Crippen LogP contribution is 2.38. The third-order valence-corrected chi connectivity index (χ3v) is 7.15. The minimum absolute atomic E-state index is 0.160. The lowest BCUT2D eigenvalue weighted by atomic mass is 10.0. The molecule has 1 saturated heterocycles. The van der Waals surface area contributed by atoms with Crippen LogP contribution in [-0.4, -0.2) is 51.3 Å². The van der Waals surface area contributed by atoms with E-state index in [9.17, 15) is 14.7 Å². The third kappa shape index (κ3) is 3.55. The summed E-state index contributed by atoms with van der Waals surface area (Å²) >= 11 is 3.65. The average molecular weight is 525 g/mol. The topological polar surface area (TPSA) is 91.8 Å². The van der Waals surface area contributed by atoms with Crippen molar-refractivity contribution in [3.63, 3.8) is 0 Å². The summed E-state index contributed by atoms with van der Waals surface area (Å²) < 4.78 is 8.40. The van der Waals surface area contributed by atoms with E-state index in [-0.39, 0.29) is 17.6 Å². The van der Waals surface area contributed by atoms with E-state index in [1.54, 1.807) is 10.8 Å². The molecule has 0 bridgehead atoms. The standard InChI is InChI=1S/C25H25BrN4O4/c1-14(2)16-6-4-5-7-19(16)30-20-12-18(26)17-8-11-34-22(17)21(20)23(27-24(30)31)29-10-9-28(25(32)33)13-15(29)3/h4-8,11-12,14-15H,9-10,13H2,1-3H3,(H,32,33)/t15-/m0/s1. The van der Waals surface area contributed by atoms with Gasteiger partial charge in [-0.25, -0.2) is 9.59 Å². The number of carboxylic acid groups (broad SMARTS) is 1. The Morgan fingerprint density at radius 1 is 1.24 bits per heavy atom. The molecule has 5 rings (SSSR count). The Labute approximate surface area is 204 Å². The van der Waals surface area contributed by atoms with Crippen LogP contribution >= 0.6 is 15.9 Å². The number of hydrogen-bond acceptors (Lipinski definition) is 5. The van der Waals surface area contributed by atoms with Crippen LogP contribution in [-0.2, 0) is 0 Å². The molecule has 176 valence electrons. The maximum Gasteiger partial charge on any atom is 0.407 e. The molecule has 0 unspecified atom stereocenters. The number of hydrogen-bond donors (Lipinski definition) is 1. The van der Waals surface area contributed by atoms with E-state index in [2.05, 4.69) is 34.8 Å². The van der Waals surface area contributed by atoms with Crippen LogP contribution in [0.4, 0.5) is 10.6 Å². The molecule has 1 N–H and O–H groups in total. The summed E-state index contributed by atoms with van der Waals surface area (Å²) in [7, 11) is 0. The van der Waals surface area contributed by atoms with E-state index in [1.165, 1.54) is 4.90 Å². The molecule has 0 spiro atoms. The van der Waals surface area contributed by atoms with E-state index in [0.29, 0.717) is 36.6 Å². The van der Waals surface area contributed by atoms with Crippen molar-refractivity contribution in [2.75, 3.05) is 24.5 Å². The number of halogens is 1. The van der Waals surface area contributed by atoms with Crippen LogP contribution in [0.5, 0.6) is 0 Å². The quantitative estimate of drug-likeness (QED) is 0.395. The van der Waals surface area contributed by atoms with E-state index < -0.39 is 6.09 Å². The van der Waals surface area contributed by atoms with Crippen LogP contribution in [0.3, 0.4) is 0 Å². The molecule has 34 heavy (non-hydrogen) atoms. The number of carbonyl (C=O) groups is 1. The zero-order valence-corrected chi connectivity index (χ0v) is 20.7. The zero-order chi connectivity index (χ0) is 24.1. The van der Waals surface area contributed by atoms with E-state index in [0.717, 1.165) is 26.5 Å². The lowest BCUT2D eigenvalue weighted by molar-refractivity contribution is 0.136. The molecule has 2 aromatic heterocycles. The monoisotopic (exact) mass is 524 g/mol. The number of benzene rings is 2. The van der Waals surface area contributed by atoms with Crippen LogP contribution in [0.1, 0.15) is 32.3 Å². The van der Waals surface area contributed by atoms with Crippen LogP contribution in [0, 0.1) is 0 Å². The van der Waals surface area contributed by atoms with Gasteiger partial charge in [-0.3, -0.25) is 4.57 Å². The van der Waals surface area contributed by atoms with Crippen molar-refractivity contribution in [3.8, 4) is 5.69 Å². The summed E-state index contributed by atoms with van der Waals surface area (Å²) in [6.45, 7) is 7.23. The van der Waals surface area contributed by atoms with Gasteiger partial charge in [0.1, 0.15) is 11.4 Å². The molecule has 2 aromatic carbocycles. The van der Waals surface area contributed by atoms with E-state index in [1.807, 2.05) is 48.2 Å². The van der Waals surface area contributed by atoms with Crippen LogP contribution in [0.15, 0.2) is 56.3 Å². The Morgan fingerprint density at radius 2 is 2.00 bits per heavy atom. The van der Waals surface area contributed by atoms with Crippen molar-refractivity contribution in [2.45, 2.75) is 32.7 Å². The number of furan rings is 1. The van der Waals surface area contributed by atoms with E-state index in [4.69, 9.17) is 4.42 Å². The number of para-hydroxylation sites is 1. The lowest BCUT2D eigenvalue weighted by Crippen LogP contribution is -2.54. The van der Waals surface area contributed by atoms with Gasteiger partial charge >= 0.3 is 11.8 Å². The minimum atomic E-state index is -0.942. The van der Waals surface area contributed by atoms with Gasteiger partial charge in [-0.2, -0.15) is 4.98 Å². The van der Waals surface area contributed by atoms with Gasteiger partial charge in [0.2, 0.25) is 0 Å². The summed E-state index contributed by atoms with van der Waals surface area (Å²) in [6.07, 6.45) is 0.685. The molecule has 0 aliphatic carbocycles. The van der Waals surface area contributed by atoms with Crippen molar-refractivity contribution >= 4 is 49.7 Å². The first-order valence-corrected chi connectivity index (χ1v) is 12.0. The summed E-state index contributed by atoms with van der Waals surface area (Å²) in [5.41, 5.74) is 2.76. The number of nitrogens with zero attached hydrogens (tertiary/aromatic N) is 4. The summed E-state index contributed by atoms with van der Waals surface area (Å²) in [5.74, 6) is 0.723. The van der Waals surface area contributed by atoms with Crippen molar-refractivity contribution in [1.82, 2.24) is 14.5 Å². The number of aromatic nitrogens is 2. The number of fused-ring (bicyclic) bond motifs is 3. The predicted octanol–water partition coefficient (Wildman–Crippen LogP) is 5.21. The number of rotatable bonds is 3. The van der Waals surface area contributed by atoms with Crippen molar-refractivity contribution < 1.29 is 14.3 Å². The van der Waals surface area contributed by atoms with Crippen LogP contribution < -0.4 is 10.6 Å². The van der Waals surface area contributed by atoms with Gasteiger partial charge in [-0.1, -0.05) is 32.0 Å². The molecule has 0 saturated carbocycles. The number of piperazine rings is 1. The van der Waals surface area contributed by atoms with Gasteiger partial charge in [-0.15, -0.1) is 0 Å². The second-order valence-corrected chi connectivity index (χ2v) is 9.81. The molecule has 9 heteroatoms. The van der Waals surface area contributed by atoms with Gasteiger partial charge in [0.15, 0.2) is 0 Å². The molecule has 0 radical (unpaired) electrons. The number of amides is 1. The van der Waals surface area contributed by atoms with Crippen molar-refractivity contribution in [2.24, 2.45) is 0 Å². The number of anilines is 1. The van der Waals surface area contributed by atoms with Gasteiger partial charge in [-0.05, 0) is 52.5 Å². The fraction of sp³-hybridized carbons (Fsp3) is 0.320. The lowest BCUT2D eigenvalue weighted by Gasteiger charge is -2.39. The largest absolute Gasteiger partial charge is 0.465 e. The Hall–Kier alpha value is -3.33. The molecule has 4 aromatic rings.